The summed E-state index contributed by atoms with van der Waals surface area (Å²) in [4.78, 5) is 29.6. The molecule has 2 aromatic heterocycles. The van der Waals surface area contributed by atoms with Gasteiger partial charge in [0.25, 0.3) is 11.8 Å². The lowest BCUT2D eigenvalue weighted by Gasteiger charge is -2.14. The van der Waals surface area contributed by atoms with E-state index in [1.54, 1.807) is 31.2 Å². The number of carbonyl (C=O) groups excluding carboxylic acids is 2. The summed E-state index contributed by atoms with van der Waals surface area (Å²) < 4.78 is 18.7. The number of amides is 2. The quantitative estimate of drug-likeness (QED) is 0.458. The second-order valence-corrected chi connectivity index (χ2v) is 6.98. The van der Waals surface area contributed by atoms with Crippen LogP contribution in [0.25, 0.3) is 10.9 Å². The van der Waals surface area contributed by atoms with Crippen LogP contribution in [0.2, 0.25) is 5.02 Å². The number of halogens is 2. The van der Waals surface area contributed by atoms with Gasteiger partial charge in [0.1, 0.15) is 5.82 Å². The van der Waals surface area contributed by atoms with E-state index in [4.69, 9.17) is 16.0 Å². The normalized spacial score (nSPS) is 10.8. The van der Waals surface area contributed by atoms with Gasteiger partial charge in [0.2, 0.25) is 0 Å². The molecule has 0 unspecified atom stereocenters. The number of rotatable bonds is 4. The molecule has 4 rings (SSSR count). The zero-order valence-corrected chi connectivity index (χ0v) is 16.5. The van der Waals surface area contributed by atoms with E-state index in [-0.39, 0.29) is 5.76 Å². The fourth-order valence-electron chi connectivity index (χ4n) is 3.03. The van der Waals surface area contributed by atoms with Crippen molar-refractivity contribution in [2.24, 2.45) is 0 Å². The number of carbonyl (C=O) groups is 2. The van der Waals surface area contributed by atoms with Crippen molar-refractivity contribution in [3.63, 3.8) is 0 Å². The number of furan rings is 1. The van der Waals surface area contributed by atoms with E-state index in [9.17, 15) is 14.0 Å². The first-order valence-corrected chi connectivity index (χ1v) is 9.31. The predicted molar refractivity (Wildman–Crippen MR) is 113 cm³/mol. The average Bonchev–Trinajstić information content (AvgIpc) is 3.24. The smallest absolute Gasteiger partial charge is 0.291 e. The van der Waals surface area contributed by atoms with Gasteiger partial charge in [-0.15, -0.1) is 0 Å². The minimum absolute atomic E-state index is 0.116. The van der Waals surface area contributed by atoms with Crippen molar-refractivity contribution >= 4 is 45.7 Å². The molecule has 0 fully saturated rings. The molecule has 0 atom stereocenters. The van der Waals surface area contributed by atoms with Crippen LogP contribution in [0.1, 0.15) is 26.6 Å². The molecule has 2 amide bonds. The number of nitrogens with one attached hydrogen (secondary N) is 2. The summed E-state index contributed by atoms with van der Waals surface area (Å²) in [6.07, 6.45) is 1.38. The molecule has 150 valence electrons. The maximum absolute atomic E-state index is 13.6. The Kier molecular flexibility index (Phi) is 5.20. The number of anilines is 2. The molecule has 8 heteroatoms. The zero-order valence-electron chi connectivity index (χ0n) is 15.7. The van der Waals surface area contributed by atoms with Crippen LogP contribution in [0.3, 0.4) is 0 Å². The van der Waals surface area contributed by atoms with E-state index in [0.29, 0.717) is 38.6 Å². The Hall–Kier alpha value is -3.71. The second-order valence-electron chi connectivity index (χ2n) is 6.55. The van der Waals surface area contributed by atoms with Gasteiger partial charge in [-0.3, -0.25) is 14.6 Å². The summed E-state index contributed by atoms with van der Waals surface area (Å²) in [6.45, 7) is 1.72. The Morgan fingerprint density at radius 1 is 1.00 bits per heavy atom. The maximum atomic E-state index is 13.6. The Balaban J connectivity index is 1.67. The second kappa shape index (κ2) is 7.96. The van der Waals surface area contributed by atoms with E-state index < -0.39 is 17.6 Å². The molecular formula is C22H15ClFN3O3. The molecule has 0 saturated heterocycles. The van der Waals surface area contributed by atoms with Crippen molar-refractivity contribution < 1.29 is 18.4 Å². The lowest BCUT2D eigenvalue weighted by atomic mass is 10.1. The van der Waals surface area contributed by atoms with Crippen LogP contribution in [-0.4, -0.2) is 16.8 Å². The summed E-state index contributed by atoms with van der Waals surface area (Å²) in [5, 5.41) is 6.33. The lowest BCUT2D eigenvalue weighted by Crippen LogP contribution is -2.17. The topological polar surface area (TPSA) is 84.2 Å². The Labute approximate surface area is 175 Å². The van der Waals surface area contributed by atoms with Crippen LogP contribution in [0.4, 0.5) is 15.8 Å². The number of aryl methyl sites for hydroxylation is 1. The minimum Gasteiger partial charge on any atom is -0.459 e. The number of hydrogen-bond acceptors (Lipinski definition) is 4. The van der Waals surface area contributed by atoms with E-state index in [0.717, 1.165) is 0 Å². The van der Waals surface area contributed by atoms with Crippen LogP contribution in [-0.2, 0) is 0 Å². The van der Waals surface area contributed by atoms with Gasteiger partial charge >= 0.3 is 0 Å². The van der Waals surface area contributed by atoms with Crippen molar-refractivity contribution in [1.29, 1.82) is 0 Å². The van der Waals surface area contributed by atoms with Crippen molar-refractivity contribution in [2.45, 2.75) is 6.92 Å². The molecule has 0 aliphatic carbocycles. The Morgan fingerprint density at radius 3 is 2.57 bits per heavy atom. The molecule has 2 N–H and O–H groups in total. The third-order valence-corrected chi connectivity index (χ3v) is 4.60. The van der Waals surface area contributed by atoms with Gasteiger partial charge in [-0.1, -0.05) is 11.6 Å². The minimum atomic E-state index is -0.488. The molecule has 0 bridgehead atoms. The summed E-state index contributed by atoms with van der Waals surface area (Å²) in [7, 11) is 0. The van der Waals surface area contributed by atoms with E-state index in [1.807, 2.05) is 0 Å². The van der Waals surface area contributed by atoms with Gasteiger partial charge < -0.3 is 15.1 Å². The van der Waals surface area contributed by atoms with E-state index in [1.165, 1.54) is 36.6 Å². The van der Waals surface area contributed by atoms with Crippen molar-refractivity contribution in [2.75, 3.05) is 10.6 Å². The molecule has 2 heterocycles. The van der Waals surface area contributed by atoms with Gasteiger partial charge in [0.15, 0.2) is 5.76 Å². The summed E-state index contributed by atoms with van der Waals surface area (Å²) >= 11 is 6.06. The Morgan fingerprint density at radius 2 is 1.80 bits per heavy atom. The number of nitrogens with zero attached hydrogens (tertiary/aromatic N) is 1. The SMILES string of the molecule is Cc1cc(C(=O)Nc2ccc(Cl)cc2NC(=O)c2ccco2)c2ccc(F)cc2n1. The van der Waals surface area contributed by atoms with E-state index >= 15 is 0 Å². The maximum Gasteiger partial charge on any atom is 0.291 e. The molecule has 2 aromatic carbocycles. The Bertz CT molecular complexity index is 1270. The van der Waals surface area contributed by atoms with Crippen LogP contribution >= 0.6 is 11.6 Å². The van der Waals surface area contributed by atoms with Gasteiger partial charge in [-0.05, 0) is 55.5 Å². The van der Waals surface area contributed by atoms with Gasteiger partial charge in [-0.25, -0.2) is 4.39 Å². The number of pyridine rings is 1. The fraction of sp³-hybridized carbons (Fsp3) is 0.0455. The number of aromatic nitrogens is 1. The zero-order chi connectivity index (χ0) is 21.3. The van der Waals surface area contributed by atoms with Gasteiger partial charge in [-0.2, -0.15) is 0 Å². The van der Waals surface area contributed by atoms with Crippen LogP contribution < -0.4 is 10.6 Å². The van der Waals surface area contributed by atoms with Crippen LogP contribution in [0.15, 0.2) is 65.3 Å². The summed E-state index contributed by atoms with van der Waals surface area (Å²) in [5.41, 5.74) is 1.92. The van der Waals surface area contributed by atoms with Crippen LogP contribution in [0, 0.1) is 12.7 Å². The highest BCUT2D eigenvalue weighted by Gasteiger charge is 2.17. The average molecular weight is 424 g/mol. The number of fused-ring (bicyclic) bond motifs is 1. The van der Waals surface area contributed by atoms with Crippen molar-refractivity contribution in [1.82, 2.24) is 4.98 Å². The first-order chi connectivity index (χ1) is 14.4. The van der Waals surface area contributed by atoms with Crippen LogP contribution in [0.5, 0.6) is 0 Å². The number of hydrogen-bond donors (Lipinski definition) is 2. The van der Waals surface area contributed by atoms with Crippen molar-refractivity contribution in [3.05, 3.63) is 88.7 Å². The van der Waals surface area contributed by atoms with Crippen molar-refractivity contribution in [3.8, 4) is 0 Å². The highest BCUT2D eigenvalue weighted by molar-refractivity contribution is 6.31. The lowest BCUT2D eigenvalue weighted by molar-refractivity contribution is 0.0993. The first-order valence-electron chi connectivity index (χ1n) is 8.93. The summed E-state index contributed by atoms with van der Waals surface area (Å²) in [6, 6.07) is 13.5. The fourth-order valence-corrected chi connectivity index (χ4v) is 3.20. The van der Waals surface area contributed by atoms with E-state index in [2.05, 4.69) is 15.6 Å². The largest absolute Gasteiger partial charge is 0.459 e. The standard InChI is InChI=1S/C22H15ClFN3O3/c1-12-9-16(15-6-5-14(24)11-18(15)25-12)21(28)26-17-7-4-13(23)10-19(17)27-22(29)20-3-2-8-30-20/h2-11H,1H3,(H,26,28)(H,27,29). The molecular weight excluding hydrogens is 409 g/mol. The molecule has 0 aliphatic heterocycles. The molecule has 0 aliphatic rings. The molecule has 0 spiro atoms. The highest BCUT2D eigenvalue weighted by atomic mass is 35.5. The van der Waals surface area contributed by atoms with Gasteiger partial charge in [0.05, 0.1) is 28.7 Å². The highest BCUT2D eigenvalue weighted by Crippen LogP contribution is 2.28. The number of benzene rings is 2. The molecule has 6 nitrogen and oxygen atoms in total. The third-order valence-electron chi connectivity index (χ3n) is 4.37. The third kappa shape index (κ3) is 4.01. The van der Waals surface area contributed by atoms with Gasteiger partial charge in [0, 0.05) is 22.2 Å². The molecule has 0 saturated carbocycles. The molecule has 30 heavy (non-hydrogen) atoms. The first kappa shape index (κ1) is 19.6. The molecule has 0 radical (unpaired) electrons. The summed E-state index contributed by atoms with van der Waals surface area (Å²) in [5.74, 6) is -1.25. The molecule has 4 aromatic rings. The monoisotopic (exact) mass is 423 g/mol. The predicted octanol–water partition coefficient (Wildman–Crippen LogP) is 5.43.